The summed E-state index contributed by atoms with van der Waals surface area (Å²) in [4.78, 5) is 23.2. The Hall–Kier alpha value is -4.92. The molecule has 11 nitrogen and oxygen atoms in total. The molecule has 0 spiro atoms. The second kappa shape index (κ2) is 9.62. The van der Waals surface area contributed by atoms with Crippen molar-refractivity contribution in [3.63, 3.8) is 0 Å². The fraction of sp³-hybridized carbons (Fsp3) is 0.345. The average molecular weight is 556 g/mol. The van der Waals surface area contributed by atoms with Gasteiger partial charge in [0.15, 0.2) is 0 Å². The number of nitrogen functional groups attached to an aromatic ring is 1. The van der Waals surface area contributed by atoms with Crippen LogP contribution in [0.4, 0.5) is 15.0 Å². The van der Waals surface area contributed by atoms with Gasteiger partial charge in [0.05, 0.1) is 45.6 Å². The molecule has 210 valence electrons. The third kappa shape index (κ3) is 4.84. The summed E-state index contributed by atoms with van der Waals surface area (Å²) in [6, 6.07) is 4.75. The number of aromatic nitrogens is 7. The predicted molar refractivity (Wildman–Crippen MR) is 152 cm³/mol. The van der Waals surface area contributed by atoms with E-state index in [0.29, 0.717) is 52.8 Å². The molecule has 2 N–H and O–H groups in total. The minimum atomic E-state index is -0.601. The van der Waals surface area contributed by atoms with E-state index in [0.717, 1.165) is 5.56 Å². The molecule has 0 saturated carbocycles. The molecule has 1 aromatic carbocycles. The highest BCUT2D eigenvalue weighted by Gasteiger charge is 2.33. The first-order chi connectivity index (χ1) is 19.5. The molecule has 1 amide bonds. The Balaban J connectivity index is 1.47. The third-order valence-electron chi connectivity index (χ3n) is 7.03. The zero-order chi connectivity index (χ0) is 29.1. The van der Waals surface area contributed by atoms with Gasteiger partial charge in [-0.15, -0.1) is 0 Å². The van der Waals surface area contributed by atoms with Crippen LogP contribution >= 0.6 is 0 Å². The average Bonchev–Trinajstić information content (AvgIpc) is 3.69. The van der Waals surface area contributed by atoms with E-state index in [9.17, 15) is 9.18 Å². The molecule has 1 fully saturated rings. The maximum absolute atomic E-state index is 15.0. The number of amides is 1. The number of rotatable bonds is 2. The van der Waals surface area contributed by atoms with Crippen molar-refractivity contribution in [1.29, 1.82) is 0 Å². The molecule has 0 radical (unpaired) electrons. The van der Waals surface area contributed by atoms with Crippen LogP contribution in [-0.2, 0) is 18.8 Å². The van der Waals surface area contributed by atoms with Crippen LogP contribution in [0.1, 0.15) is 44.5 Å². The van der Waals surface area contributed by atoms with Crippen LogP contribution < -0.4 is 5.73 Å². The largest absolute Gasteiger partial charge is 0.444 e. The summed E-state index contributed by atoms with van der Waals surface area (Å²) >= 11 is 0. The smallest absolute Gasteiger partial charge is 0.410 e. The number of fused-ring (bicyclic) bond motifs is 2. The van der Waals surface area contributed by atoms with Gasteiger partial charge >= 0.3 is 6.09 Å². The van der Waals surface area contributed by atoms with Gasteiger partial charge in [0.2, 0.25) is 0 Å². The molecule has 0 unspecified atom stereocenters. The number of aryl methyl sites for hydroxylation is 2. The summed E-state index contributed by atoms with van der Waals surface area (Å²) in [5, 5.41) is 10.00. The molecule has 12 heteroatoms. The van der Waals surface area contributed by atoms with E-state index in [-0.39, 0.29) is 23.5 Å². The van der Waals surface area contributed by atoms with Crippen molar-refractivity contribution in [2.75, 3.05) is 18.8 Å². The Bertz CT molecular complexity index is 1880. The van der Waals surface area contributed by atoms with Crippen LogP contribution in [0, 0.1) is 17.7 Å². The molecule has 1 aliphatic heterocycles. The van der Waals surface area contributed by atoms with Crippen LogP contribution in [0.5, 0.6) is 0 Å². The number of hydrogen-bond acceptors (Lipinski definition) is 7. The highest BCUT2D eigenvalue weighted by molar-refractivity contribution is 6.01. The standard InChI is InChI=1S/C29H30FN9O2/c1-29(2,3)41-28(40)38-11-8-18(15-38)39-26-19(21-9-10-37(5)34-21)14-32-27(31)25(26)22(35-39)7-6-17-12-23-24(13-20(17)30)36(4)16-33-23/h9-10,12-14,16,18H,8,11,15H2,1-5H3,(H2,31,32)/t18-/m0/s1. The molecule has 1 saturated heterocycles. The van der Waals surface area contributed by atoms with Gasteiger partial charge < -0.3 is 19.9 Å². The van der Waals surface area contributed by atoms with Crippen molar-refractivity contribution >= 4 is 33.8 Å². The van der Waals surface area contributed by atoms with Gasteiger partial charge in [-0.1, -0.05) is 5.92 Å². The monoisotopic (exact) mass is 555 g/mol. The van der Waals surface area contributed by atoms with Crippen molar-refractivity contribution in [2.24, 2.45) is 14.1 Å². The van der Waals surface area contributed by atoms with E-state index in [1.807, 2.05) is 44.8 Å². The quantitative estimate of drug-likeness (QED) is 0.327. The summed E-state index contributed by atoms with van der Waals surface area (Å²) in [5.74, 6) is 5.77. The first-order valence-electron chi connectivity index (χ1n) is 13.3. The van der Waals surface area contributed by atoms with Crippen LogP contribution in [-0.4, -0.2) is 63.8 Å². The van der Waals surface area contributed by atoms with Gasteiger partial charge in [-0.2, -0.15) is 10.2 Å². The van der Waals surface area contributed by atoms with E-state index < -0.39 is 11.4 Å². The van der Waals surface area contributed by atoms with Crippen molar-refractivity contribution < 1.29 is 13.9 Å². The summed E-state index contributed by atoms with van der Waals surface area (Å²) in [6.07, 6.45) is 5.42. The number of ether oxygens (including phenoxy) is 1. The Morgan fingerprint density at radius 2 is 1.98 bits per heavy atom. The molecule has 0 bridgehead atoms. The van der Waals surface area contributed by atoms with Gasteiger partial charge in [-0.25, -0.2) is 19.2 Å². The number of imidazole rings is 1. The zero-order valence-corrected chi connectivity index (χ0v) is 23.5. The topological polar surface area (TPSA) is 122 Å². The summed E-state index contributed by atoms with van der Waals surface area (Å²) in [6.45, 7) is 6.43. The Labute approximate surface area is 235 Å². The summed E-state index contributed by atoms with van der Waals surface area (Å²) in [5.41, 5.74) is 9.81. The van der Waals surface area contributed by atoms with Gasteiger partial charge in [0.1, 0.15) is 22.9 Å². The SMILES string of the molecule is Cn1ccc(-c2cnc(N)c3c(C#Cc4cc5ncn(C)c5cc4F)nn([C@H]4CCN(C(=O)OC(C)(C)C)C4)c23)n1. The molecule has 0 aliphatic carbocycles. The molecule has 4 aromatic heterocycles. The summed E-state index contributed by atoms with van der Waals surface area (Å²) < 4.78 is 25.9. The molecular weight excluding hydrogens is 525 g/mol. The first-order valence-corrected chi connectivity index (χ1v) is 13.3. The van der Waals surface area contributed by atoms with Crippen molar-refractivity contribution in [2.45, 2.75) is 38.8 Å². The number of halogens is 1. The minimum Gasteiger partial charge on any atom is -0.444 e. The zero-order valence-electron chi connectivity index (χ0n) is 23.5. The Morgan fingerprint density at radius 1 is 1.17 bits per heavy atom. The molecule has 6 rings (SSSR count). The van der Waals surface area contributed by atoms with Crippen molar-refractivity contribution in [1.82, 2.24) is 39.0 Å². The molecular formula is C29H30FN9O2. The number of likely N-dealkylation sites (tertiary alicyclic amines) is 1. The maximum atomic E-state index is 15.0. The number of carbonyl (C=O) groups is 1. The van der Waals surface area contributed by atoms with E-state index in [2.05, 4.69) is 26.9 Å². The lowest BCUT2D eigenvalue weighted by Crippen LogP contribution is -2.35. The molecule has 5 aromatic rings. The van der Waals surface area contributed by atoms with Crippen molar-refractivity contribution in [3.8, 4) is 23.1 Å². The number of benzene rings is 1. The van der Waals surface area contributed by atoms with Crippen LogP contribution in [0.15, 0.2) is 36.9 Å². The molecule has 5 heterocycles. The first kappa shape index (κ1) is 26.3. The Morgan fingerprint density at radius 3 is 2.71 bits per heavy atom. The number of nitrogens with zero attached hydrogens (tertiary/aromatic N) is 8. The van der Waals surface area contributed by atoms with Gasteiger partial charge in [0, 0.05) is 51.2 Å². The third-order valence-corrected chi connectivity index (χ3v) is 7.03. The normalized spacial score (nSPS) is 15.5. The molecule has 1 aliphatic rings. The van der Waals surface area contributed by atoms with Gasteiger partial charge in [0.25, 0.3) is 0 Å². The summed E-state index contributed by atoms with van der Waals surface area (Å²) in [7, 11) is 3.64. The van der Waals surface area contributed by atoms with Crippen LogP contribution in [0.3, 0.4) is 0 Å². The highest BCUT2D eigenvalue weighted by atomic mass is 19.1. The predicted octanol–water partition coefficient (Wildman–Crippen LogP) is 4.02. The van der Waals surface area contributed by atoms with E-state index in [1.54, 1.807) is 39.8 Å². The minimum absolute atomic E-state index is 0.175. The fourth-order valence-corrected chi connectivity index (χ4v) is 5.10. The van der Waals surface area contributed by atoms with Crippen molar-refractivity contribution in [3.05, 3.63) is 54.0 Å². The van der Waals surface area contributed by atoms with Gasteiger partial charge in [-0.3, -0.25) is 9.36 Å². The number of carbonyl (C=O) groups excluding carboxylic acids is 1. The molecule has 41 heavy (non-hydrogen) atoms. The van der Waals surface area contributed by atoms with E-state index in [4.69, 9.17) is 15.6 Å². The number of anilines is 1. The maximum Gasteiger partial charge on any atom is 0.410 e. The second-order valence-electron chi connectivity index (χ2n) is 11.2. The fourth-order valence-electron chi connectivity index (χ4n) is 5.10. The molecule has 1 atom stereocenters. The van der Waals surface area contributed by atoms with E-state index >= 15 is 0 Å². The lowest BCUT2D eigenvalue weighted by Gasteiger charge is -2.24. The second-order valence-corrected chi connectivity index (χ2v) is 11.2. The van der Waals surface area contributed by atoms with Gasteiger partial charge in [-0.05, 0) is 45.2 Å². The Kier molecular flexibility index (Phi) is 6.17. The number of hydrogen-bond donors (Lipinski definition) is 1. The van der Waals surface area contributed by atoms with E-state index in [1.165, 1.54) is 6.07 Å². The lowest BCUT2D eigenvalue weighted by molar-refractivity contribution is 0.0288. The lowest BCUT2D eigenvalue weighted by atomic mass is 10.1. The highest BCUT2D eigenvalue weighted by Crippen LogP contribution is 2.36. The number of nitrogens with two attached hydrogens (primary N) is 1. The van der Waals surface area contributed by atoms with Crippen LogP contribution in [0.25, 0.3) is 33.2 Å². The van der Waals surface area contributed by atoms with Crippen LogP contribution in [0.2, 0.25) is 0 Å². The number of pyridine rings is 1.